The zero-order chi connectivity index (χ0) is 52.4. The molecule has 2 nitrogen and oxygen atoms in total. The van der Waals surface area contributed by atoms with E-state index in [1.807, 2.05) is 0 Å². The molecule has 2 heterocycles. The molecule has 0 fully saturated rings. The molecule has 0 atom stereocenters. The summed E-state index contributed by atoms with van der Waals surface area (Å²) in [6.45, 7) is 0. The van der Waals surface area contributed by atoms with Crippen LogP contribution in [0.5, 0.6) is 0 Å². The molecular weight excluding hydrogens is 967 g/mol. The van der Waals surface area contributed by atoms with Crippen LogP contribution in [0.3, 0.4) is 0 Å². The van der Waals surface area contributed by atoms with Gasteiger partial charge in [-0.3, -0.25) is 0 Å². The lowest BCUT2D eigenvalue weighted by Gasteiger charge is -2.18. The van der Waals surface area contributed by atoms with Crippen molar-refractivity contribution in [1.29, 1.82) is 0 Å². The molecule has 15 aromatic carbocycles. The van der Waals surface area contributed by atoms with Gasteiger partial charge in [0, 0.05) is 32.8 Å². The SMILES string of the molecule is c1ccc(-c2c3ccccc3c(-c3ccc(-n4c5ccccc5c5cc(-c6cc(-c7cc8ccccc8c8ccccc78)cc7c6oc6ccc(-c8cc9ccccc9c9ccccc89)cc67)ccc54)cc3)c3ccccc23)cc1. The maximum Gasteiger partial charge on any atom is 0.143 e. The van der Waals surface area contributed by atoms with Gasteiger partial charge in [0.25, 0.3) is 0 Å². The van der Waals surface area contributed by atoms with Gasteiger partial charge in [0.05, 0.1) is 11.0 Å². The highest BCUT2D eigenvalue weighted by Crippen LogP contribution is 2.47. The van der Waals surface area contributed by atoms with Gasteiger partial charge in [-0.1, -0.05) is 218 Å². The van der Waals surface area contributed by atoms with Gasteiger partial charge in [0.15, 0.2) is 0 Å². The van der Waals surface area contributed by atoms with Crippen molar-refractivity contribution in [3.8, 4) is 61.3 Å². The Morgan fingerprint density at radius 2 is 0.650 bits per heavy atom. The molecule has 0 radical (unpaired) electrons. The van der Waals surface area contributed by atoms with E-state index in [9.17, 15) is 0 Å². The second-order valence-corrected chi connectivity index (χ2v) is 21.4. The van der Waals surface area contributed by atoms with E-state index in [1.165, 1.54) is 109 Å². The van der Waals surface area contributed by atoms with Gasteiger partial charge in [0.1, 0.15) is 11.2 Å². The van der Waals surface area contributed by atoms with Gasteiger partial charge in [-0.25, -0.2) is 0 Å². The second kappa shape index (κ2) is 17.5. The van der Waals surface area contributed by atoms with Crippen LogP contribution < -0.4 is 0 Å². The van der Waals surface area contributed by atoms with Crippen molar-refractivity contribution >= 4 is 108 Å². The lowest BCUT2D eigenvalue weighted by atomic mass is 9.86. The Bertz CT molecular complexity index is 5350. The molecule has 0 bridgehead atoms. The number of hydrogen-bond donors (Lipinski definition) is 0. The van der Waals surface area contributed by atoms with E-state index in [0.29, 0.717) is 0 Å². The summed E-state index contributed by atoms with van der Waals surface area (Å²) in [4.78, 5) is 0. The third-order valence-corrected chi connectivity index (χ3v) is 17.1. The molecule has 0 aliphatic heterocycles. The Morgan fingerprint density at radius 3 is 1.26 bits per heavy atom. The molecule has 0 aliphatic carbocycles. The van der Waals surface area contributed by atoms with Gasteiger partial charge in [-0.15, -0.1) is 0 Å². The molecule has 17 rings (SSSR count). The first-order valence-corrected chi connectivity index (χ1v) is 27.6. The number of benzene rings is 15. The van der Waals surface area contributed by atoms with Crippen LogP contribution >= 0.6 is 0 Å². The minimum atomic E-state index is 0.866. The van der Waals surface area contributed by atoms with Crippen molar-refractivity contribution in [2.45, 2.75) is 0 Å². The number of rotatable bonds is 6. The monoisotopic (exact) mass is 1010 g/mol. The van der Waals surface area contributed by atoms with Crippen molar-refractivity contribution in [3.63, 3.8) is 0 Å². The van der Waals surface area contributed by atoms with Crippen molar-refractivity contribution in [2.24, 2.45) is 0 Å². The first-order valence-electron chi connectivity index (χ1n) is 27.6. The maximum absolute atomic E-state index is 7.13. The van der Waals surface area contributed by atoms with Crippen LogP contribution in [0.15, 0.2) is 290 Å². The summed E-state index contributed by atoms with van der Waals surface area (Å²) in [6, 6.07) is 105. The molecule has 0 N–H and O–H groups in total. The summed E-state index contributed by atoms with van der Waals surface area (Å²) in [7, 11) is 0. The van der Waals surface area contributed by atoms with Gasteiger partial charge in [0.2, 0.25) is 0 Å². The van der Waals surface area contributed by atoms with Crippen LogP contribution in [0, 0.1) is 0 Å². The number of nitrogens with zero attached hydrogens (tertiary/aromatic N) is 1. The molecule has 2 heteroatoms. The molecule has 0 aliphatic rings. The summed E-state index contributed by atoms with van der Waals surface area (Å²) in [5.74, 6) is 0. The topological polar surface area (TPSA) is 18.1 Å². The normalized spacial score (nSPS) is 12.0. The molecule has 370 valence electrons. The first kappa shape index (κ1) is 44.6. The lowest BCUT2D eigenvalue weighted by Crippen LogP contribution is -1.95. The Labute approximate surface area is 461 Å². The number of para-hydroxylation sites is 1. The predicted octanol–water partition coefficient (Wildman–Crippen LogP) is 21.9. The predicted molar refractivity (Wildman–Crippen MR) is 340 cm³/mol. The summed E-state index contributed by atoms with van der Waals surface area (Å²) in [6.07, 6.45) is 0. The van der Waals surface area contributed by atoms with E-state index in [2.05, 4.69) is 290 Å². The lowest BCUT2D eigenvalue weighted by molar-refractivity contribution is 0.670. The Hall–Kier alpha value is -10.5. The first-order chi connectivity index (χ1) is 39.7. The van der Waals surface area contributed by atoms with E-state index in [1.54, 1.807) is 0 Å². The highest BCUT2D eigenvalue weighted by atomic mass is 16.3. The third kappa shape index (κ3) is 6.73. The smallest absolute Gasteiger partial charge is 0.143 e. The van der Waals surface area contributed by atoms with E-state index < -0.39 is 0 Å². The largest absolute Gasteiger partial charge is 0.455 e. The fourth-order valence-electron chi connectivity index (χ4n) is 13.6. The van der Waals surface area contributed by atoms with Crippen LogP contribution in [-0.2, 0) is 0 Å². The summed E-state index contributed by atoms with van der Waals surface area (Å²) < 4.78 is 9.56. The minimum Gasteiger partial charge on any atom is -0.455 e. The molecular formula is C78H47NO. The molecule has 80 heavy (non-hydrogen) atoms. The van der Waals surface area contributed by atoms with Crippen molar-refractivity contribution < 1.29 is 4.42 Å². The fourth-order valence-corrected chi connectivity index (χ4v) is 13.6. The number of furan rings is 1. The zero-order valence-electron chi connectivity index (χ0n) is 43.5. The number of fused-ring (bicyclic) bond motifs is 14. The van der Waals surface area contributed by atoms with E-state index in [0.717, 1.165) is 60.9 Å². The van der Waals surface area contributed by atoms with Crippen LogP contribution in [0.4, 0.5) is 0 Å². The fraction of sp³-hybridized carbons (Fsp3) is 0. The third-order valence-electron chi connectivity index (χ3n) is 17.1. The Balaban J connectivity index is 0.858. The van der Waals surface area contributed by atoms with Crippen molar-refractivity contribution in [1.82, 2.24) is 4.57 Å². The van der Waals surface area contributed by atoms with Crippen molar-refractivity contribution in [3.05, 3.63) is 285 Å². The average Bonchev–Trinajstić information content (AvgIpc) is 4.17. The van der Waals surface area contributed by atoms with Crippen molar-refractivity contribution in [2.75, 3.05) is 0 Å². The van der Waals surface area contributed by atoms with Crippen LogP contribution in [0.1, 0.15) is 0 Å². The molecule has 17 aromatic rings. The molecule has 0 spiro atoms. The van der Waals surface area contributed by atoms with Crippen LogP contribution in [0.2, 0.25) is 0 Å². The quantitative estimate of drug-likeness (QED) is 0.120. The van der Waals surface area contributed by atoms with E-state index in [4.69, 9.17) is 4.42 Å². The molecule has 0 saturated heterocycles. The molecule has 0 unspecified atom stereocenters. The molecule has 0 amide bonds. The molecule has 2 aromatic heterocycles. The highest BCUT2D eigenvalue weighted by Gasteiger charge is 2.22. The summed E-state index contributed by atoms with van der Waals surface area (Å²) >= 11 is 0. The summed E-state index contributed by atoms with van der Waals surface area (Å²) in [5.41, 5.74) is 17.0. The standard InChI is InChI=1S/C78H47NO/c1-2-18-48(19-3-1)76-63-29-12-14-31-65(63)77(66-32-15-13-30-64(66)76)49-34-38-55(39-35-49)79-73-33-17-16-28-62(73)70-44-53(36-40-74(70)79)69-46-54(68-43-51-21-5-7-23-57(51)59-25-9-11-27-61(59)68)47-72-71-45-52(37-41-75(71)80-78(69)72)67-42-50-20-4-6-22-56(50)58-24-8-10-26-60(58)67/h1-47H. The number of hydrogen-bond acceptors (Lipinski definition) is 1. The van der Waals surface area contributed by atoms with Crippen LogP contribution in [-0.4, -0.2) is 4.57 Å². The van der Waals surface area contributed by atoms with E-state index in [-0.39, 0.29) is 0 Å². The van der Waals surface area contributed by atoms with Crippen LogP contribution in [0.25, 0.3) is 170 Å². The maximum atomic E-state index is 7.13. The summed E-state index contributed by atoms with van der Waals surface area (Å²) in [5, 5.41) is 19.5. The van der Waals surface area contributed by atoms with Gasteiger partial charge in [-0.2, -0.15) is 0 Å². The average molecular weight is 1010 g/mol. The number of aromatic nitrogens is 1. The minimum absolute atomic E-state index is 0.866. The van der Waals surface area contributed by atoms with Gasteiger partial charge in [-0.05, 0) is 181 Å². The highest BCUT2D eigenvalue weighted by molar-refractivity contribution is 6.23. The van der Waals surface area contributed by atoms with E-state index >= 15 is 0 Å². The Kier molecular flexibility index (Phi) is 9.75. The Morgan fingerprint density at radius 1 is 0.225 bits per heavy atom. The molecule has 0 saturated carbocycles. The zero-order valence-corrected chi connectivity index (χ0v) is 43.5. The van der Waals surface area contributed by atoms with Gasteiger partial charge < -0.3 is 8.98 Å². The van der Waals surface area contributed by atoms with Gasteiger partial charge >= 0.3 is 0 Å². The second-order valence-electron chi connectivity index (χ2n) is 21.4.